The van der Waals surface area contributed by atoms with E-state index >= 15 is 0 Å². The molecule has 2 aromatic rings. The first-order chi connectivity index (χ1) is 31.9. The zero-order valence-corrected chi connectivity index (χ0v) is 38.6. The zero-order chi connectivity index (χ0) is 51.2. The Balaban J connectivity index is 2.10. The molecule has 18 N–H and O–H groups in total. The summed E-state index contributed by atoms with van der Waals surface area (Å²) in [4.78, 5) is 135. The van der Waals surface area contributed by atoms with Gasteiger partial charge in [-0.1, -0.05) is 45.9 Å². The number of aromatic nitrogens is 1. The Morgan fingerprint density at radius 1 is 0.676 bits per heavy atom. The summed E-state index contributed by atoms with van der Waals surface area (Å²) in [6.07, 6.45) is 1.79. The number of carboxylic acids is 2. The topological polar surface area (TPSA) is 434 Å². The lowest BCUT2D eigenvalue weighted by Gasteiger charge is -2.26. The molecule has 0 spiro atoms. The van der Waals surface area contributed by atoms with E-state index in [0.29, 0.717) is 5.56 Å². The fourth-order valence-corrected chi connectivity index (χ4v) is 6.44. The number of benzene rings is 1. The van der Waals surface area contributed by atoms with Crippen LogP contribution in [-0.4, -0.2) is 154 Å². The van der Waals surface area contributed by atoms with Crippen LogP contribution in [-0.2, 0) is 54.4 Å². The molecule has 0 aliphatic carbocycles. The summed E-state index contributed by atoms with van der Waals surface area (Å²) in [6.45, 7) is 4.91. The summed E-state index contributed by atoms with van der Waals surface area (Å²) in [5, 5.41) is 49.0. The van der Waals surface area contributed by atoms with Crippen molar-refractivity contribution >= 4 is 76.1 Å². The number of nitrogens with zero attached hydrogens (tertiary/aromatic N) is 1. The number of aromatic amines is 1. The van der Waals surface area contributed by atoms with Crippen molar-refractivity contribution in [3.8, 4) is 0 Å². The summed E-state index contributed by atoms with van der Waals surface area (Å²) < 4.78 is 0. The summed E-state index contributed by atoms with van der Waals surface area (Å²) in [5.41, 5.74) is 17.5. The number of rotatable bonds is 29. The van der Waals surface area contributed by atoms with Crippen molar-refractivity contribution < 1.29 is 63.3 Å². The minimum absolute atomic E-state index is 0.0345. The Labute approximate surface area is 391 Å². The van der Waals surface area contributed by atoms with E-state index in [-0.39, 0.29) is 44.1 Å². The number of aliphatic hydroxyl groups excluding tert-OH is 1. The first-order valence-electron chi connectivity index (χ1n) is 21.7. The largest absolute Gasteiger partial charge is 0.481 e. The average Bonchev–Trinajstić information content (AvgIpc) is 3.67. The van der Waals surface area contributed by atoms with Crippen LogP contribution in [0.25, 0.3) is 10.9 Å². The molecule has 0 radical (unpaired) electrons. The summed E-state index contributed by atoms with van der Waals surface area (Å²) >= 11 is 0. The molecular formula is C42H65N13O13. The SMILES string of the molecule is CC(C)C[C@H](NC(=O)[C@H](Cc1c[nH]c2ccccc12)NC(=O)CNC(=O)[C@H](C)N)C(=O)NC[C@H](C(=O)O)C(=O)NCC(=O)N[C@@H](CO)C(=O)N[C@H](C(=O)N[C@@H](CCCN=C(N)N)C(=O)O)C(C)C. The first kappa shape index (κ1) is 56.8. The standard InChI is InChI=1S/C42H65N13O13/c1-20(2)13-28(54-37(62)29(51-31(57)17-49-34(59)22(5)43)14-23-15-47-26-10-7-6-9-24(23)26)36(61)48-16-25(40(65)66)35(60)50-18-32(58)52-30(19-56)38(63)55-33(21(3)4)39(64)53-27(41(67)68)11-8-12-46-42(44)45/h6-7,9-10,15,20-22,25,27-30,33,47,56H,8,11-14,16-19,43H2,1-5H3,(H,48,61)(H,49,59)(H,50,60)(H,51,57)(H,52,58)(H,53,64)(H,54,62)(H,55,63)(H,65,66)(H,67,68)(H4,44,45,46)/t22-,25-,27-,28-,29-,30-,33-/m0/s1. The number of para-hydroxylation sites is 1. The number of aliphatic imine (C=N–C) groups is 1. The van der Waals surface area contributed by atoms with Crippen LogP contribution < -0.4 is 59.7 Å². The van der Waals surface area contributed by atoms with Crippen LogP contribution in [0.2, 0.25) is 0 Å². The molecule has 0 saturated heterocycles. The van der Waals surface area contributed by atoms with Crippen molar-refractivity contribution in [3.05, 3.63) is 36.0 Å². The number of nitrogens with two attached hydrogens (primary N) is 3. The molecule has 7 atom stereocenters. The third-order valence-corrected chi connectivity index (χ3v) is 10.1. The molecule has 26 heteroatoms. The second kappa shape index (κ2) is 28.0. The molecule has 0 saturated carbocycles. The van der Waals surface area contributed by atoms with E-state index in [0.717, 1.165) is 10.9 Å². The van der Waals surface area contributed by atoms with Gasteiger partial charge in [-0.05, 0) is 49.7 Å². The van der Waals surface area contributed by atoms with Crippen molar-refractivity contribution in [2.75, 3.05) is 32.8 Å². The number of hydrogen-bond acceptors (Lipinski definition) is 13. The van der Waals surface area contributed by atoms with Gasteiger partial charge in [0, 0.05) is 36.6 Å². The van der Waals surface area contributed by atoms with Gasteiger partial charge in [0.05, 0.1) is 25.7 Å². The van der Waals surface area contributed by atoms with E-state index in [9.17, 15) is 63.3 Å². The van der Waals surface area contributed by atoms with Gasteiger partial charge in [0.1, 0.15) is 30.2 Å². The second-order valence-electron chi connectivity index (χ2n) is 16.6. The lowest BCUT2D eigenvalue weighted by Crippen LogP contribution is -2.58. The van der Waals surface area contributed by atoms with Gasteiger partial charge in [0.15, 0.2) is 11.9 Å². The first-order valence-corrected chi connectivity index (χ1v) is 21.7. The number of carbonyl (C=O) groups excluding carboxylic acids is 8. The van der Waals surface area contributed by atoms with E-state index in [1.807, 2.05) is 6.07 Å². The number of amides is 8. The van der Waals surface area contributed by atoms with E-state index < -0.39 is 134 Å². The summed E-state index contributed by atoms with van der Waals surface area (Å²) in [6, 6.07) is -0.644. The van der Waals surface area contributed by atoms with Gasteiger partial charge >= 0.3 is 11.9 Å². The van der Waals surface area contributed by atoms with Crippen molar-refractivity contribution in [1.82, 2.24) is 47.5 Å². The lowest BCUT2D eigenvalue weighted by molar-refractivity contribution is -0.147. The quantitative estimate of drug-likeness (QED) is 0.0158. The van der Waals surface area contributed by atoms with E-state index in [1.165, 1.54) is 6.92 Å². The molecular weight excluding hydrogens is 895 g/mol. The molecule has 26 nitrogen and oxygen atoms in total. The molecule has 1 heterocycles. The molecule has 0 fully saturated rings. The van der Waals surface area contributed by atoms with Crippen molar-refractivity contribution in [2.45, 2.75) is 96.6 Å². The molecule has 0 unspecified atom stereocenters. The fraction of sp³-hybridized carbons (Fsp3) is 0.548. The third kappa shape index (κ3) is 19.2. The van der Waals surface area contributed by atoms with Gasteiger partial charge in [-0.25, -0.2) is 4.79 Å². The molecule has 8 amide bonds. The number of guanidine groups is 1. The minimum Gasteiger partial charge on any atom is -0.481 e. The van der Waals surface area contributed by atoms with Gasteiger partial charge in [0.25, 0.3) is 0 Å². The Morgan fingerprint density at radius 3 is 1.82 bits per heavy atom. The summed E-state index contributed by atoms with van der Waals surface area (Å²) in [7, 11) is 0. The number of carbonyl (C=O) groups is 10. The van der Waals surface area contributed by atoms with Crippen LogP contribution in [0.5, 0.6) is 0 Å². The molecule has 1 aromatic heterocycles. The van der Waals surface area contributed by atoms with Crippen molar-refractivity contribution in [1.29, 1.82) is 0 Å². The molecule has 376 valence electrons. The van der Waals surface area contributed by atoms with Crippen LogP contribution in [0, 0.1) is 17.8 Å². The predicted octanol–water partition coefficient (Wildman–Crippen LogP) is -4.64. The normalized spacial score (nSPS) is 14.1. The fourth-order valence-electron chi connectivity index (χ4n) is 6.44. The lowest BCUT2D eigenvalue weighted by atomic mass is 10.0. The van der Waals surface area contributed by atoms with Gasteiger partial charge in [-0.2, -0.15) is 0 Å². The number of aliphatic carboxylic acids is 2. The number of carboxylic acid groups (broad SMARTS) is 2. The number of nitrogens with one attached hydrogen (secondary N) is 9. The van der Waals surface area contributed by atoms with Crippen LogP contribution in [0.3, 0.4) is 0 Å². The second-order valence-corrected chi connectivity index (χ2v) is 16.6. The molecule has 68 heavy (non-hydrogen) atoms. The Bertz CT molecular complexity index is 2140. The average molecular weight is 960 g/mol. The van der Waals surface area contributed by atoms with Gasteiger partial charge < -0.3 is 80.0 Å². The predicted molar refractivity (Wildman–Crippen MR) is 244 cm³/mol. The van der Waals surface area contributed by atoms with Gasteiger partial charge in [-0.15, -0.1) is 0 Å². The Kier molecular flexibility index (Phi) is 23.4. The highest BCUT2D eigenvalue weighted by molar-refractivity contribution is 6.00. The van der Waals surface area contributed by atoms with E-state index in [4.69, 9.17) is 17.2 Å². The highest BCUT2D eigenvalue weighted by Gasteiger charge is 2.34. The smallest absolute Gasteiger partial charge is 0.326 e. The molecule has 1 aromatic carbocycles. The molecule has 0 bridgehead atoms. The van der Waals surface area contributed by atoms with Crippen LogP contribution in [0.15, 0.2) is 35.5 Å². The number of aliphatic hydroxyl groups is 1. The number of fused-ring (bicyclic) bond motifs is 1. The molecule has 0 aliphatic rings. The van der Waals surface area contributed by atoms with E-state index in [1.54, 1.807) is 52.1 Å². The highest BCUT2D eigenvalue weighted by atomic mass is 16.4. The molecule has 2 rings (SSSR count). The van der Waals surface area contributed by atoms with E-state index in [2.05, 4.69) is 52.5 Å². The van der Waals surface area contributed by atoms with Crippen LogP contribution in [0.4, 0.5) is 0 Å². The number of H-pyrrole nitrogens is 1. The highest BCUT2D eigenvalue weighted by Crippen LogP contribution is 2.19. The zero-order valence-electron chi connectivity index (χ0n) is 38.6. The number of hydrogen-bond donors (Lipinski definition) is 15. The van der Waals surface area contributed by atoms with Crippen molar-refractivity contribution in [3.63, 3.8) is 0 Å². The Hall–Kier alpha value is -7.35. The minimum atomic E-state index is -1.97. The molecule has 0 aliphatic heterocycles. The monoisotopic (exact) mass is 959 g/mol. The third-order valence-electron chi connectivity index (χ3n) is 10.1. The van der Waals surface area contributed by atoms with Crippen molar-refractivity contribution in [2.24, 2.45) is 39.9 Å². The Morgan fingerprint density at radius 2 is 1.26 bits per heavy atom. The maximum Gasteiger partial charge on any atom is 0.326 e. The van der Waals surface area contributed by atoms with Gasteiger partial charge in [0.2, 0.25) is 47.3 Å². The summed E-state index contributed by atoms with van der Waals surface area (Å²) in [5.74, 6) is -13.3. The maximum atomic E-state index is 13.9. The van der Waals surface area contributed by atoms with Crippen LogP contribution >= 0.6 is 0 Å². The van der Waals surface area contributed by atoms with Gasteiger partial charge in [-0.3, -0.25) is 48.1 Å². The maximum absolute atomic E-state index is 13.9. The van der Waals surface area contributed by atoms with Crippen LogP contribution in [0.1, 0.15) is 59.4 Å².